The summed E-state index contributed by atoms with van der Waals surface area (Å²) in [5.41, 5.74) is 7.56. The monoisotopic (exact) mass is 507 g/mol. The van der Waals surface area contributed by atoms with E-state index in [0.29, 0.717) is 54.3 Å². The van der Waals surface area contributed by atoms with Crippen LogP contribution in [0.3, 0.4) is 0 Å². The minimum Gasteiger partial charge on any atom is -0.492 e. The fourth-order valence-corrected chi connectivity index (χ4v) is 5.41. The number of aliphatic hydroxyl groups is 1. The molecule has 3 N–H and O–H groups in total. The van der Waals surface area contributed by atoms with Crippen LogP contribution in [0.2, 0.25) is 0 Å². The smallest absolute Gasteiger partial charge is 0.253 e. The number of hydrogen-bond acceptors (Lipinski definition) is 8. The molecule has 1 saturated carbocycles. The van der Waals surface area contributed by atoms with Crippen molar-refractivity contribution in [2.45, 2.75) is 56.7 Å². The van der Waals surface area contributed by atoms with Crippen LogP contribution >= 0.6 is 0 Å². The topological polar surface area (TPSA) is 140 Å². The summed E-state index contributed by atoms with van der Waals surface area (Å²) in [6.07, 6.45) is 6.99. The number of aliphatic hydroxyl groups excluding tert-OH is 1. The highest BCUT2D eigenvalue weighted by Gasteiger charge is 2.36. The average Bonchev–Trinajstić information content (AvgIpc) is 3.47. The summed E-state index contributed by atoms with van der Waals surface area (Å²) in [5, 5.41) is 11.5. The summed E-state index contributed by atoms with van der Waals surface area (Å²) in [6, 6.07) is 6.34. The molecule has 37 heavy (non-hydrogen) atoms. The fourth-order valence-electron chi connectivity index (χ4n) is 5.41. The van der Waals surface area contributed by atoms with E-state index >= 15 is 0 Å². The van der Waals surface area contributed by atoms with Crippen LogP contribution in [0.1, 0.15) is 54.9 Å². The van der Waals surface area contributed by atoms with Crippen molar-refractivity contribution in [3.05, 3.63) is 42.5 Å². The van der Waals surface area contributed by atoms with E-state index in [0.717, 1.165) is 32.2 Å². The number of fused-ring (bicyclic) bond motifs is 1. The van der Waals surface area contributed by atoms with E-state index in [1.54, 1.807) is 42.5 Å². The van der Waals surface area contributed by atoms with Crippen molar-refractivity contribution in [2.24, 2.45) is 0 Å². The van der Waals surface area contributed by atoms with Crippen LogP contribution in [0.4, 0.5) is 5.82 Å². The van der Waals surface area contributed by atoms with Crippen LogP contribution in [-0.4, -0.2) is 85.1 Å². The molecule has 11 nitrogen and oxygen atoms in total. The number of carbonyl (C=O) groups excluding carboxylic acids is 2. The predicted molar refractivity (Wildman–Crippen MR) is 137 cm³/mol. The van der Waals surface area contributed by atoms with Crippen molar-refractivity contribution in [3.8, 4) is 5.75 Å². The fraction of sp³-hybridized carbons (Fsp3) is 0.500. The zero-order chi connectivity index (χ0) is 25.9. The van der Waals surface area contributed by atoms with Gasteiger partial charge < -0.3 is 29.9 Å². The SMILES string of the molecule is CN(C(=O)c1ccc(OCCN2CCCC2=O)cc1)[C@@H]1CCCC[C@@H](n2cnc3c(N)ncnc32)[C@@H]1O. The number of nitrogens with two attached hydrogens (primary N) is 1. The number of benzene rings is 1. The minimum absolute atomic E-state index is 0.166. The van der Waals surface area contributed by atoms with Gasteiger partial charge in [-0.3, -0.25) is 9.59 Å². The molecule has 2 amide bonds. The number of rotatable bonds is 7. The molecule has 1 aliphatic heterocycles. The van der Waals surface area contributed by atoms with E-state index in [4.69, 9.17) is 10.5 Å². The van der Waals surface area contributed by atoms with E-state index in [9.17, 15) is 14.7 Å². The molecular formula is C26H33N7O4. The van der Waals surface area contributed by atoms with Crippen LogP contribution in [0.25, 0.3) is 11.2 Å². The zero-order valence-corrected chi connectivity index (χ0v) is 21.0. The third kappa shape index (κ3) is 5.08. The van der Waals surface area contributed by atoms with E-state index < -0.39 is 6.10 Å². The van der Waals surface area contributed by atoms with Gasteiger partial charge in [-0.1, -0.05) is 12.8 Å². The van der Waals surface area contributed by atoms with Crippen LogP contribution in [-0.2, 0) is 4.79 Å². The van der Waals surface area contributed by atoms with Gasteiger partial charge in [0.2, 0.25) is 5.91 Å². The first-order valence-corrected chi connectivity index (χ1v) is 12.8. The van der Waals surface area contributed by atoms with Crippen molar-refractivity contribution >= 4 is 28.8 Å². The maximum absolute atomic E-state index is 13.4. The van der Waals surface area contributed by atoms with Gasteiger partial charge in [0.05, 0.1) is 31.1 Å². The highest BCUT2D eigenvalue weighted by molar-refractivity contribution is 5.94. The number of likely N-dealkylation sites (tertiary alicyclic amines) is 1. The molecule has 2 aromatic heterocycles. The number of nitrogen functional groups attached to an aromatic ring is 1. The second kappa shape index (κ2) is 10.7. The van der Waals surface area contributed by atoms with Gasteiger partial charge in [-0.25, -0.2) is 15.0 Å². The lowest BCUT2D eigenvalue weighted by Gasteiger charge is -2.34. The number of aromatic nitrogens is 4. The standard InChI is InChI=1S/C26H33N7O4/c1-31(26(36)17-8-10-18(11-9-17)37-14-13-32-12-4-7-21(32)34)19-5-2-3-6-20(23(19)35)33-16-30-22-24(27)28-15-29-25(22)33/h8-11,15-16,19-20,23,35H,2-7,12-14H2,1H3,(H2,27,28,29)/t19-,20-,23-/m1/s1. The number of nitrogens with zero attached hydrogens (tertiary/aromatic N) is 6. The van der Waals surface area contributed by atoms with Gasteiger partial charge in [-0.05, 0) is 43.5 Å². The molecule has 5 rings (SSSR count). The largest absolute Gasteiger partial charge is 0.492 e. The van der Waals surface area contributed by atoms with Crippen LogP contribution < -0.4 is 10.5 Å². The number of carbonyl (C=O) groups is 2. The zero-order valence-electron chi connectivity index (χ0n) is 21.0. The molecule has 1 aliphatic carbocycles. The average molecular weight is 508 g/mol. The molecule has 3 aromatic rings. The maximum atomic E-state index is 13.4. The van der Waals surface area contributed by atoms with Crippen molar-refractivity contribution in [1.29, 1.82) is 0 Å². The number of ether oxygens (including phenoxy) is 1. The summed E-state index contributed by atoms with van der Waals surface area (Å²) in [5.74, 6) is 0.955. The normalized spacial score (nSPS) is 22.3. The Morgan fingerprint density at radius 2 is 1.95 bits per heavy atom. The highest BCUT2D eigenvalue weighted by atomic mass is 16.5. The predicted octanol–water partition coefficient (Wildman–Crippen LogP) is 2.03. The molecule has 3 heterocycles. The summed E-state index contributed by atoms with van der Waals surface area (Å²) in [6.45, 7) is 1.76. The van der Waals surface area contributed by atoms with Crippen LogP contribution in [0.5, 0.6) is 5.75 Å². The second-order valence-electron chi connectivity index (χ2n) is 9.77. The van der Waals surface area contributed by atoms with Gasteiger partial charge in [0.25, 0.3) is 5.91 Å². The highest BCUT2D eigenvalue weighted by Crippen LogP contribution is 2.33. The number of amides is 2. The Balaban J connectivity index is 1.25. The van der Waals surface area contributed by atoms with E-state index in [1.165, 1.54) is 6.33 Å². The Morgan fingerprint density at radius 1 is 1.16 bits per heavy atom. The summed E-state index contributed by atoms with van der Waals surface area (Å²) >= 11 is 0. The molecule has 0 spiro atoms. The molecule has 3 atom stereocenters. The molecule has 11 heteroatoms. The number of likely N-dealkylation sites (N-methyl/N-ethyl adjacent to an activating group) is 1. The maximum Gasteiger partial charge on any atom is 0.253 e. The van der Waals surface area contributed by atoms with E-state index in [2.05, 4.69) is 15.0 Å². The molecule has 196 valence electrons. The van der Waals surface area contributed by atoms with Crippen molar-refractivity contribution < 1.29 is 19.4 Å². The van der Waals surface area contributed by atoms with Gasteiger partial charge in [0.15, 0.2) is 11.5 Å². The van der Waals surface area contributed by atoms with E-state index in [-0.39, 0.29) is 23.9 Å². The number of hydrogen-bond donors (Lipinski definition) is 2. The first-order chi connectivity index (χ1) is 17.9. The molecule has 2 fully saturated rings. The summed E-state index contributed by atoms with van der Waals surface area (Å²) < 4.78 is 7.63. The van der Waals surface area contributed by atoms with Crippen molar-refractivity contribution in [1.82, 2.24) is 29.3 Å². The summed E-state index contributed by atoms with van der Waals surface area (Å²) in [7, 11) is 1.74. The third-order valence-electron chi connectivity index (χ3n) is 7.50. The van der Waals surface area contributed by atoms with Gasteiger partial charge in [0, 0.05) is 25.6 Å². The minimum atomic E-state index is -0.805. The lowest BCUT2D eigenvalue weighted by molar-refractivity contribution is -0.128. The Kier molecular flexibility index (Phi) is 7.22. The van der Waals surface area contributed by atoms with Crippen molar-refractivity contribution in [2.75, 3.05) is 32.5 Å². The Hall–Kier alpha value is -3.73. The Labute approximate surface area is 215 Å². The molecule has 0 radical (unpaired) electrons. The quantitative estimate of drug-likeness (QED) is 0.463. The Morgan fingerprint density at radius 3 is 2.70 bits per heavy atom. The molecular weight excluding hydrogens is 474 g/mol. The van der Waals surface area contributed by atoms with Gasteiger partial charge >= 0.3 is 0 Å². The molecule has 1 aromatic carbocycles. The third-order valence-corrected chi connectivity index (χ3v) is 7.50. The van der Waals surface area contributed by atoms with E-state index in [1.807, 2.05) is 9.47 Å². The lowest BCUT2D eigenvalue weighted by Crippen LogP contribution is -2.47. The molecule has 1 saturated heterocycles. The van der Waals surface area contributed by atoms with Crippen molar-refractivity contribution in [3.63, 3.8) is 0 Å². The number of imidazole rings is 1. The first-order valence-electron chi connectivity index (χ1n) is 12.8. The van der Waals surface area contributed by atoms with Crippen LogP contribution in [0.15, 0.2) is 36.9 Å². The first kappa shape index (κ1) is 24.9. The van der Waals surface area contributed by atoms with Gasteiger partial charge in [-0.2, -0.15) is 0 Å². The van der Waals surface area contributed by atoms with Gasteiger partial charge in [-0.15, -0.1) is 0 Å². The molecule has 0 bridgehead atoms. The Bertz CT molecular complexity index is 1260. The lowest BCUT2D eigenvalue weighted by atomic mass is 9.99. The summed E-state index contributed by atoms with van der Waals surface area (Å²) in [4.78, 5) is 41.2. The van der Waals surface area contributed by atoms with Crippen LogP contribution in [0, 0.1) is 0 Å². The second-order valence-corrected chi connectivity index (χ2v) is 9.77. The van der Waals surface area contributed by atoms with Gasteiger partial charge in [0.1, 0.15) is 24.2 Å². The number of anilines is 1. The molecule has 0 unspecified atom stereocenters. The molecule has 2 aliphatic rings.